The summed E-state index contributed by atoms with van der Waals surface area (Å²) in [5, 5.41) is 0. The van der Waals surface area contributed by atoms with Gasteiger partial charge in [0.2, 0.25) is 0 Å². The summed E-state index contributed by atoms with van der Waals surface area (Å²) in [5.74, 6) is 0. The second-order valence-corrected chi connectivity index (χ2v) is 5.51. The highest BCUT2D eigenvalue weighted by Gasteiger charge is 2.09. The van der Waals surface area contributed by atoms with Gasteiger partial charge in [-0.15, -0.1) is 0 Å². The van der Waals surface area contributed by atoms with Gasteiger partial charge in [-0.3, -0.25) is 4.55 Å². The van der Waals surface area contributed by atoms with Crippen LogP contribution in [-0.2, 0) is 10.1 Å². The highest BCUT2D eigenvalue weighted by molar-refractivity contribution is 7.85. The number of nitrogens with two attached hydrogens (primary N) is 1. The van der Waals surface area contributed by atoms with E-state index in [9.17, 15) is 8.42 Å². The molecule has 0 bridgehead atoms. The van der Waals surface area contributed by atoms with Gasteiger partial charge < -0.3 is 5.73 Å². The summed E-state index contributed by atoms with van der Waals surface area (Å²) in [6, 6.07) is 11.6. The first-order valence-corrected chi connectivity index (χ1v) is 6.76. The highest BCUT2D eigenvalue weighted by atomic mass is 32.2. The minimum atomic E-state index is -4.15. The molecule has 0 aliphatic carbocycles. The minimum absolute atomic E-state index is 0.127. The average molecular weight is 263 g/mol. The smallest absolute Gasteiger partial charge is 0.294 e. The number of benzene rings is 2. The van der Waals surface area contributed by atoms with Gasteiger partial charge in [-0.2, -0.15) is 8.42 Å². The molecule has 94 valence electrons. The Balaban J connectivity index is 2.50. The summed E-state index contributed by atoms with van der Waals surface area (Å²) in [4.78, 5) is -0.127. The Labute approximate surface area is 106 Å². The Morgan fingerprint density at radius 1 is 1.06 bits per heavy atom. The van der Waals surface area contributed by atoms with Crippen LogP contribution in [0.5, 0.6) is 0 Å². The van der Waals surface area contributed by atoms with Gasteiger partial charge in [-0.25, -0.2) is 0 Å². The standard InChI is InChI=1S/C13H13NO3S/c1-9-2-7-13(14)12(8-9)10-3-5-11(6-4-10)18(15,16)17/h2-8H,14H2,1H3,(H,15,16,17). The van der Waals surface area contributed by atoms with E-state index in [1.807, 2.05) is 19.1 Å². The quantitative estimate of drug-likeness (QED) is 0.644. The number of hydrogen-bond donors (Lipinski definition) is 2. The van der Waals surface area contributed by atoms with Gasteiger partial charge in [0.25, 0.3) is 10.1 Å². The van der Waals surface area contributed by atoms with Crippen molar-refractivity contribution in [2.24, 2.45) is 0 Å². The second kappa shape index (κ2) is 4.44. The van der Waals surface area contributed by atoms with Crippen LogP contribution in [0.25, 0.3) is 11.1 Å². The summed E-state index contributed by atoms with van der Waals surface area (Å²) < 4.78 is 30.8. The lowest BCUT2D eigenvalue weighted by molar-refractivity contribution is 0.483. The molecule has 0 saturated carbocycles. The number of aryl methyl sites for hydroxylation is 1. The number of nitrogen functional groups attached to an aromatic ring is 1. The maximum absolute atomic E-state index is 10.9. The first-order chi connectivity index (χ1) is 8.38. The Kier molecular flexibility index (Phi) is 3.11. The van der Waals surface area contributed by atoms with Gasteiger partial charge in [0.05, 0.1) is 4.90 Å². The largest absolute Gasteiger partial charge is 0.398 e. The number of hydrogen-bond acceptors (Lipinski definition) is 3. The summed E-state index contributed by atoms with van der Waals surface area (Å²) >= 11 is 0. The average Bonchev–Trinajstić information content (AvgIpc) is 2.31. The fourth-order valence-electron chi connectivity index (χ4n) is 1.73. The first-order valence-electron chi connectivity index (χ1n) is 5.32. The van der Waals surface area contributed by atoms with Gasteiger partial charge in [-0.1, -0.05) is 23.8 Å². The Morgan fingerprint density at radius 2 is 1.67 bits per heavy atom. The van der Waals surface area contributed by atoms with Crippen LogP contribution in [0, 0.1) is 6.92 Å². The van der Waals surface area contributed by atoms with Crippen molar-refractivity contribution in [3.05, 3.63) is 48.0 Å². The van der Waals surface area contributed by atoms with Crippen LogP contribution in [0.15, 0.2) is 47.4 Å². The molecule has 0 atom stereocenters. The molecule has 0 aliphatic heterocycles. The van der Waals surface area contributed by atoms with Crippen LogP contribution < -0.4 is 5.73 Å². The predicted molar refractivity (Wildman–Crippen MR) is 70.8 cm³/mol. The lowest BCUT2D eigenvalue weighted by Crippen LogP contribution is -1.97. The van der Waals surface area contributed by atoms with Crippen LogP contribution in [0.2, 0.25) is 0 Å². The fraction of sp³-hybridized carbons (Fsp3) is 0.0769. The lowest BCUT2D eigenvalue weighted by Gasteiger charge is -2.07. The third kappa shape index (κ3) is 2.52. The van der Waals surface area contributed by atoms with Crippen LogP contribution in [-0.4, -0.2) is 13.0 Å². The van der Waals surface area contributed by atoms with Crippen molar-refractivity contribution in [1.29, 1.82) is 0 Å². The molecular formula is C13H13NO3S. The molecule has 0 spiro atoms. The molecule has 2 rings (SSSR count). The van der Waals surface area contributed by atoms with Crippen molar-refractivity contribution in [3.63, 3.8) is 0 Å². The SMILES string of the molecule is Cc1ccc(N)c(-c2ccc(S(=O)(=O)O)cc2)c1. The van der Waals surface area contributed by atoms with Crippen molar-refractivity contribution < 1.29 is 13.0 Å². The van der Waals surface area contributed by atoms with E-state index < -0.39 is 10.1 Å². The van der Waals surface area contributed by atoms with E-state index in [1.54, 1.807) is 18.2 Å². The molecule has 18 heavy (non-hydrogen) atoms. The van der Waals surface area contributed by atoms with E-state index in [0.717, 1.165) is 16.7 Å². The van der Waals surface area contributed by atoms with Crippen LogP contribution in [0.3, 0.4) is 0 Å². The third-order valence-electron chi connectivity index (χ3n) is 2.67. The third-order valence-corrected chi connectivity index (χ3v) is 3.54. The molecule has 0 heterocycles. The number of anilines is 1. The summed E-state index contributed by atoms with van der Waals surface area (Å²) in [6.45, 7) is 1.95. The van der Waals surface area contributed by atoms with Crippen molar-refractivity contribution in [2.75, 3.05) is 5.73 Å². The zero-order valence-corrected chi connectivity index (χ0v) is 10.6. The zero-order valence-electron chi connectivity index (χ0n) is 9.79. The van der Waals surface area contributed by atoms with E-state index in [1.165, 1.54) is 12.1 Å². The molecule has 0 fully saturated rings. The predicted octanol–water partition coefficient (Wildman–Crippen LogP) is 2.49. The number of rotatable bonds is 2. The second-order valence-electron chi connectivity index (χ2n) is 4.09. The molecule has 3 N–H and O–H groups in total. The van der Waals surface area contributed by atoms with Gasteiger partial charge in [-0.05, 0) is 36.8 Å². The highest BCUT2D eigenvalue weighted by Crippen LogP contribution is 2.27. The molecule has 5 heteroatoms. The molecule has 4 nitrogen and oxygen atoms in total. The maximum Gasteiger partial charge on any atom is 0.294 e. The Bertz CT molecular complexity index is 676. The molecule has 0 amide bonds. The van der Waals surface area contributed by atoms with E-state index in [0.29, 0.717) is 5.69 Å². The Hall–Kier alpha value is -1.85. The molecule has 0 unspecified atom stereocenters. The van der Waals surface area contributed by atoms with Gasteiger partial charge in [0.1, 0.15) is 0 Å². The zero-order chi connectivity index (χ0) is 13.3. The molecule has 0 aromatic heterocycles. The summed E-state index contributed by atoms with van der Waals surface area (Å²) in [6.07, 6.45) is 0. The van der Waals surface area contributed by atoms with E-state index in [4.69, 9.17) is 10.3 Å². The van der Waals surface area contributed by atoms with Crippen molar-refractivity contribution in [3.8, 4) is 11.1 Å². The monoisotopic (exact) mass is 263 g/mol. The molecule has 0 aliphatic rings. The maximum atomic E-state index is 10.9. The van der Waals surface area contributed by atoms with Gasteiger partial charge in [0, 0.05) is 11.3 Å². The molecule has 2 aromatic carbocycles. The molecular weight excluding hydrogens is 250 g/mol. The van der Waals surface area contributed by atoms with Crippen LogP contribution >= 0.6 is 0 Å². The van der Waals surface area contributed by atoms with Crippen molar-refractivity contribution in [2.45, 2.75) is 11.8 Å². The summed E-state index contributed by atoms with van der Waals surface area (Å²) in [7, 11) is -4.15. The van der Waals surface area contributed by atoms with E-state index >= 15 is 0 Å². The first kappa shape index (κ1) is 12.6. The van der Waals surface area contributed by atoms with Gasteiger partial charge >= 0.3 is 0 Å². The normalized spacial score (nSPS) is 11.4. The fourth-order valence-corrected chi connectivity index (χ4v) is 2.21. The molecule has 0 saturated heterocycles. The molecule has 2 aromatic rings. The lowest BCUT2D eigenvalue weighted by atomic mass is 10.0. The van der Waals surface area contributed by atoms with Crippen LogP contribution in [0.1, 0.15) is 5.56 Å². The van der Waals surface area contributed by atoms with Crippen molar-refractivity contribution >= 4 is 15.8 Å². The topological polar surface area (TPSA) is 80.4 Å². The van der Waals surface area contributed by atoms with Gasteiger partial charge in [0.15, 0.2) is 0 Å². The molecule has 0 radical (unpaired) electrons. The van der Waals surface area contributed by atoms with Crippen molar-refractivity contribution in [1.82, 2.24) is 0 Å². The van der Waals surface area contributed by atoms with E-state index in [-0.39, 0.29) is 4.90 Å². The Morgan fingerprint density at radius 3 is 2.22 bits per heavy atom. The van der Waals surface area contributed by atoms with Crippen LogP contribution in [0.4, 0.5) is 5.69 Å². The minimum Gasteiger partial charge on any atom is -0.398 e. The van der Waals surface area contributed by atoms with E-state index in [2.05, 4.69) is 0 Å². The summed E-state index contributed by atoms with van der Waals surface area (Å²) in [5.41, 5.74) is 9.22.